The maximum Gasteiger partial charge on any atom is 0.240 e. The molecule has 5 heteroatoms. The molecule has 0 aliphatic carbocycles. The van der Waals surface area contributed by atoms with Gasteiger partial charge in [0.15, 0.2) is 5.78 Å². The highest BCUT2D eigenvalue weighted by Crippen LogP contribution is 2.28. The summed E-state index contributed by atoms with van der Waals surface area (Å²) in [7, 11) is 0. The zero-order chi connectivity index (χ0) is 12.4. The fourth-order valence-corrected chi connectivity index (χ4v) is 2.06. The van der Waals surface area contributed by atoms with Crippen molar-refractivity contribution in [1.29, 1.82) is 0 Å². The van der Waals surface area contributed by atoms with Crippen LogP contribution in [0.2, 0.25) is 0 Å². The quantitative estimate of drug-likeness (QED) is 0.700. The normalized spacial score (nSPS) is 13.6. The van der Waals surface area contributed by atoms with Crippen molar-refractivity contribution in [1.82, 2.24) is 0 Å². The number of ketones is 1. The molecule has 1 aliphatic rings. The summed E-state index contributed by atoms with van der Waals surface area (Å²) in [5.41, 5.74) is 13.1. The molecule has 0 atom stereocenters. The first-order valence-electron chi connectivity index (χ1n) is 5.54. The molecule has 1 heterocycles. The van der Waals surface area contributed by atoms with Crippen molar-refractivity contribution < 1.29 is 9.59 Å². The third-order valence-electron chi connectivity index (χ3n) is 2.96. The van der Waals surface area contributed by atoms with Crippen molar-refractivity contribution in [2.45, 2.75) is 6.42 Å². The molecule has 0 bridgehead atoms. The van der Waals surface area contributed by atoms with Gasteiger partial charge in [-0.2, -0.15) is 0 Å². The number of hydrogen-bond donors (Lipinski definition) is 2. The molecule has 1 aromatic carbocycles. The third kappa shape index (κ3) is 2.07. The lowest BCUT2D eigenvalue weighted by Gasteiger charge is -2.16. The van der Waals surface area contributed by atoms with E-state index in [1.165, 1.54) is 0 Å². The van der Waals surface area contributed by atoms with Crippen molar-refractivity contribution in [2.75, 3.05) is 24.5 Å². The molecule has 1 aromatic rings. The SMILES string of the molecule is NCC(=O)c1ccc2c(c1)CCN2C(=O)CN. The molecule has 0 unspecified atom stereocenters. The Balaban J connectivity index is 2.32. The van der Waals surface area contributed by atoms with Gasteiger partial charge in [-0.1, -0.05) is 0 Å². The number of amides is 1. The van der Waals surface area contributed by atoms with Gasteiger partial charge in [-0.25, -0.2) is 0 Å². The van der Waals surface area contributed by atoms with Gasteiger partial charge in [0.1, 0.15) is 0 Å². The first kappa shape index (κ1) is 11.8. The summed E-state index contributed by atoms with van der Waals surface area (Å²) < 4.78 is 0. The minimum atomic E-state index is -0.0957. The standard InChI is InChI=1S/C12H15N3O2/c13-6-11(16)9-1-2-10-8(5-9)3-4-15(10)12(17)7-14/h1-2,5H,3-4,6-7,13-14H2. The molecule has 4 N–H and O–H groups in total. The Bertz CT molecular complexity index is 471. The maximum atomic E-state index is 11.6. The molecule has 2 rings (SSSR count). The smallest absolute Gasteiger partial charge is 0.240 e. The van der Waals surface area contributed by atoms with Crippen LogP contribution in [-0.2, 0) is 11.2 Å². The van der Waals surface area contributed by atoms with E-state index in [0.717, 1.165) is 17.7 Å². The monoisotopic (exact) mass is 233 g/mol. The highest BCUT2D eigenvalue weighted by atomic mass is 16.2. The van der Waals surface area contributed by atoms with Crippen molar-refractivity contribution in [2.24, 2.45) is 11.5 Å². The van der Waals surface area contributed by atoms with Crippen LogP contribution in [0.3, 0.4) is 0 Å². The number of carbonyl (C=O) groups excluding carboxylic acids is 2. The van der Waals surface area contributed by atoms with E-state index in [9.17, 15) is 9.59 Å². The predicted octanol–water partition coefficient (Wildman–Crippen LogP) is -0.324. The largest absolute Gasteiger partial charge is 0.324 e. The Morgan fingerprint density at radius 3 is 2.65 bits per heavy atom. The number of rotatable bonds is 3. The summed E-state index contributed by atoms with van der Waals surface area (Å²) in [4.78, 5) is 24.7. The van der Waals surface area contributed by atoms with E-state index >= 15 is 0 Å². The molecular weight excluding hydrogens is 218 g/mol. The Morgan fingerprint density at radius 2 is 2.00 bits per heavy atom. The predicted molar refractivity (Wildman–Crippen MR) is 64.9 cm³/mol. The van der Waals surface area contributed by atoms with E-state index in [1.807, 2.05) is 6.07 Å². The molecule has 0 saturated heterocycles. The van der Waals surface area contributed by atoms with Crippen LogP contribution in [0.25, 0.3) is 0 Å². The van der Waals surface area contributed by atoms with Gasteiger partial charge in [0.2, 0.25) is 5.91 Å². The molecule has 17 heavy (non-hydrogen) atoms. The van der Waals surface area contributed by atoms with Crippen LogP contribution < -0.4 is 16.4 Å². The Labute approximate surface area is 99.4 Å². The molecule has 5 nitrogen and oxygen atoms in total. The number of Topliss-reactive ketones (excluding diaryl/α,β-unsaturated/α-hetero) is 1. The van der Waals surface area contributed by atoms with E-state index in [1.54, 1.807) is 17.0 Å². The van der Waals surface area contributed by atoms with Crippen LogP contribution in [0.15, 0.2) is 18.2 Å². The molecule has 0 fully saturated rings. The highest BCUT2D eigenvalue weighted by molar-refractivity contribution is 6.00. The minimum absolute atomic E-state index is 0.00290. The first-order chi connectivity index (χ1) is 8.17. The molecule has 0 radical (unpaired) electrons. The van der Waals surface area contributed by atoms with Crippen LogP contribution in [0.5, 0.6) is 0 Å². The summed E-state index contributed by atoms with van der Waals surface area (Å²) in [6.07, 6.45) is 0.757. The van der Waals surface area contributed by atoms with Gasteiger partial charge in [0, 0.05) is 17.8 Å². The first-order valence-corrected chi connectivity index (χ1v) is 5.54. The number of anilines is 1. The summed E-state index contributed by atoms with van der Waals surface area (Å²) in [6, 6.07) is 5.31. The summed E-state index contributed by atoms with van der Waals surface area (Å²) in [6.45, 7) is 0.638. The molecule has 0 aromatic heterocycles. The Kier molecular flexibility index (Phi) is 3.21. The molecule has 1 amide bonds. The van der Waals surface area contributed by atoms with Crippen LogP contribution >= 0.6 is 0 Å². The number of nitrogens with two attached hydrogens (primary N) is 2. The number of nitrogens with zero attached hydrogens (tertiary/aromatic N) is 1. The zero-order valence-corrected chi connectivity index (χ0v) is 9.48. The fraction of sp³-hybridized carbons (Fsp3) is 0.333. The molecule has 0 saturated carbocycles. The Morgan fingerprint density at radius 1 is 1.24 bits per heavy atom. The van der Waals surface area contributed by atoms with E-state index in [-0.39, 0.29) is 24.8 Å². The van der Waals surface area contributed by atoms with Gasteiger partial charge in [-0.15, -0.1) is 0 Å². The van der Waals surface area contributed by atoms with E-state index in [2.05, 4.69) is 0 Å². The number of fused-ring (bicyclic) bond motifs is 1. The zero-order valence-electron chi connectivity index (χ0n) is 9.48. The van der Waals surface area contributed by atoms with Crippen LogP contribution in [0.1, 0.15) is 15.9 Å². The Hall–Kier alpha value is -1.72. The minimum Gasteiger partial charge on any atom is -0.324 e. The number of carbonyl (C=O) groups is 2. The van der Waals surface area contributed by atoms with Gasteiger partial charge >= 0.3 is 0 Å². The average Bonchev–Trinajstić information content (AvgIpc) is 2.79. The maximum absolute atomic E-state index is 11.6. The molecule has 90 valence electrons. The van der Waals surface area contributed by atoms with Crippen LogP contribution in [-0.4, -0.2) is 31.3 Å². The second kappa shape index (κ2) is 4.65. The van der Waals surface area contributed by atoms with E-state index in [0.29, 0.717) is 12.1 Å². The van der Waals surface area contributed by atoms with E-state index < -0.39 is 0 Å². The van der Waals surface area contributed by atoms with Gasteiger partial charge in [0.25, 0.3) is 0 Å². The second-order valence-corrected chi connectivity index (χ2v) is 3.97. The summed E-state index contributed by atoms with van der Waals surface area (Å²) in [5.74, 6) is -0.182. The van der Waals surface area contributed by atoms with Crippen molar-refractivity contribution in [3.05, 3.63) is 29.3 Å². The van der Waals surface area contributed by atoms with Gasteiger partial charge < -0.3 is 16.4 Å². The van der Waals surface area contributed by atoms with Gasteiger partial charge in [0.05, 0.1) is 13.1 Å². The van der Waals surface area contributed by atoms with Crippen molar-refractivity contribution in [3.63, 3.8) is 0 Å². The van der Waals surface area contributed by atoms with Crippen molar-refractivity contribution in [3.8, 4) is 0 Å². The molecule has 1 aliphatic heterocycles. The van der Waals surface area contributed by atoms with Crippen LogP contribution in [0.4, 0.5) is 5.69 Å². The van der Waals surface area contributed by atoms with Crippen LogP contribution in [0, 0.1) is 0 Å². The third-order valence-corrected chi connectivity index (χ3v) is 2.96. The van der Waals surface area contributed by atoms with Gasteiger partial charge in [-0.05, 0) is 30.2 Å². The van der Waals surface area contributed by atoms with E-state index in [4.69, 9.17) is 11.5 Å². The summed E-state index contributed by atoms with van der Waals surface area (Å²) in [5, 5.41) is 0. The second-order valence-electron chi connectivity index (χ2n) is 3.97. The molecular formula is C12H15N3O2. The topological polar surface area (TPSA) is 89.4 Å². The lowest BCUT2D eigenvalue weighted by Crippen LogP contribution is -2.34. The lowest BCUT2D eigenvalue weighted by molar-refractivity contribution is -0.117. The lowest BCUT2D eigenvalue weighted by atomic mass is 10.1. The number of benzene rings is 1. The van der Waals surface area contributed by atoms with Crippen molar-refractivity contribution >= 4 is 17.4 Å². The number of hydrogen-bond acceptors (Lipinski definition) is 4. The van der Waals surface area contributed by atoms with Gasteiger partial charge in [-0.3, -0.25) is 9.59 Å². The summed E-state index contributed by atoms with van der Waals surface area (Å²) >= 11 is 0. The highest BCUT2D eigenvalue weighted by Gasteiger charge is 2.24. The molecule has 0 spiro atoms. The average molecular weight is 233 g/mol. The fourth-order valence-electron chi connectivity index (χ4n) is 2.06.